The van der Waals surface area contributed by atoms with Crippen molar-refractivity contribution in [3.8, 4) is 6.07 Å². The third-order valence-corrected chi connectivity index (χ3v) is 1.86. The Bertz CT molecular complexity index is 331. The zero-order chi connectivity index (χ0) is 10.6. The van der Waals surface area contributed by atoms with Crippen LogP contribution < -0.4 is 0 Å². The minimum Gasteiger partial charge on any atom is -0.207 e. The molecule has 0 amide bonds. The minimum atomic E-state index is -0.725. The van der Waals surface area contributed by atoms with E-state index < -0.39 is 11.6 Å². The first-order chi connectivity index (χ1) is 6.61. The second kappa shape index (κ2) is 4.71. The summed E-state index contributed by atoms with van der Waals surface area (Å²) in [6.07, 6.45) is 2.97. The molecule has 3 heteroatoms. The lowest BCUT2D eigenvalue weighted by Crippen LogP contribution is -1.81. The van der Waals surface area contributed by atoms with Crippen LogP contribution in [0.15, 0.2) is 18.2 Å². The minimum absolute atomic E-state index is 0.00231. The van der Waals surface area contributed by atoms with Crippen molar-refractivity contribution in [1.29, 1.82) is 5.26 Å². The molecule has 0 N–H and O–H groups in total. The Kier molecular flexibility index (Phi) is 3.58. The van der Waals surface area contributed by atoms with Crippen molar-refractivity contribution in [2.75, 3.05) is 0 Å². The highest BCUT2D eigenvalue weighted by atomic mass is 19.1. The van der Waals surface area contributed by atoms with Crippen molar-refractivity contribution in [3.63, 3.8) is 0 Å². The van der Waals surface area contributed by atoms with Gasteiger partial charge in [-0.05, 0) is 18.1 Å². The van der Waals surface area contributed by atoms with E-state index in [-0.39, 0.29) is 5.56 Å². The van der Waals surface area contributed by atoms with Gasteiger partial charge in [0.25, 0.3) is 0 Å². The van der Waals surface area contributed by atoms with Crippen molar-refractivity contribution >= 4 is 0 Å². The van der Waals surface area contributed by atoms with Crippen LogP contribution in [0, 0.1) is 28.9 Å². The predicted molar refractivity (Wildman–Crippen MR) is 49.5 cm³/mol. The van der Waals surface area contributed by atoms with Gasteiger partial charge in [0, 0.05) is 6.07 Å². The monoisotopic (exact) mass is 195 g/mol. The van der Waals surface area contributed by atoms with Crippen LogP contribution >= 0.6 is 0 Å². The maximum absolute atomic E-state index is 12.2. The first kappa shape index (κ1) is 10.6. The van der Waals surface area contributed by atoms with Crippen molar-refractivity contribution < 1.29 is 8.78 Å². The summed E-state index contributed by atoms with van der Waals surface area (Å²) in [6.45, 7) is 2.28. The Labute approximate surface area is 82.0 Å². The lowest BCUT2D eigenvalue weighted by atomic mass is 10.2. The van der Waals surface area contributed by atoms with E-state index in [1.165, 1.54) is 12.8 Å². The van der Waals surface area contributed by atoms with Gasteiger partial charge in [-0.15, -0.1) is 0 Å². The van der Waals surface area contributed by atoms with E-state index in [9.17, 15) is 8.78 Å². The smallest absolute Gasteiger partial charge is 0.127 e. The highest BCUT2D eigenvalue weighted by molar-refractivity contribution is 5.29. The van der Waals surface area contributed by atoms with Crippen molar-refractivity contribution in [3.05, 3.63) is 35.4 Å². The maximum atomic E-state index is 12.2. The molecule has 1 saturated carbocycles. The molecule has 0 unspecified atom stereocenters. The summed E-state index contributed by atoms with van der Waals surface area (Å²) in [5, 5.41) is 8.20. The molecular weight excluding hydrogens is 184 g/mol. The fraction of sp³-hybridized carbons (Fsp3) is 0.364. The summed E-state index contributed by atoms with van der Waals surface area (Å²) in [7, 11) is 0. The molecule has 74 valence electrons. The third-order valence-electron chi connectivity index (χ3n) is 1.86. The summed E-state index contributed by atoms with van der Waals surface area (Å²) in [6, 6.07) is 4.30. The summed E-state index contributed by atoms with van der Waals surface area (Å²) < 4.78 is 24.4. The van der Waals surface area contributed by atoms with E-state index in [1.807, 2.05) is 0 Å². The van der Waals surface area contributed by atoms with E-state index in [0.29, 0.717) is 0 Å². The molecule has 0 spiro atoms. The zero-order valence-electron chi connectivity index (χ0n) is 7.93. The van der Waals surface area contributed by atoms with Gasteiger partial charge in [-0.25, -0.2) is 8.78 Å². The topological polar surface area (TPSA) is 23.8 Å². The maximum Gasteiger partial charge on any atom is 0.127 e. The molecule has 0 atom stereocenters. The van der Waals surface area contributed by atoms with Gasteiger partial charge < -0.3 is 0 Å². The predicted octanol–water partition coefficient (Wildman–Crippen LogP) is 3.25. The first-order valence-corrected chi connectivity index (χ1v) is 4.48. The second-order valence-corrected chi connectivity index (χ2v) is 3.45. The number of halogens is 2. The highest BCUT2D eigenvalue weighted by Crippen LogP contribution is 2.26. The lowest BCUT2D eigenvalue weighted by Gasteiger charge is -1.89. The van der Waals surface area contributed by atoms with Gasteiger partial charge in [0.15, 0.2) is 0 Å². The number of benzene rings is 1. The fourth-order valence-corrected chi connectivity index (χ4v) is 0.785. The van der Waals surface area contributed by atoms with Crippen LogP contribution in [0.5, 0.6) is 0 Å². The number of nitriles is 1. The quantitative estimate of drug-likeness (QED) is 0.623. The number of hydrogen-bond acceptors (Lipinski definition) is 1. The largest absolute Gasteiger partial charge is 0.207 e. The van der Waals surface area contributed by atoms with Gasteiger partial charge in [0.05, 0.1) is 11.6 Å². The van der Waals surface area contributed by atoms with Crippen molar-refractivity contribution in [1.82, 2.24) is 0 Å². The summed E-state index contributed by atoms with van der Waals surface area (Å²) in [5.74, 6) is -0.367. The summed E-state index contributed by atoms with van der Waals surface area (Å²) in [5.41, 5.74) is -0.00231. The molecule has 1 aromatic carbocycles. The molecule has 2 rings (SSSR count). The molecule has 1 aliphatic rings. The van der Waals surface area contributed by atoms with Gasteiger partial charge >= 0.3 is 0 Å². The normalized spacial score (nSPS) is 13.9. The van der Waals surface area contributed by atoms with Gasteiger partial charge in [0.2, 0.25) is 0 Å². The molecule has 0 saturated heterocycles. The van der Waals surface area contributed by atoms with Gasteiger partial charge in [-0.3, -0.25) is 0 Å². The van der Waals surface area contributed by atoms with Crippen molar-refractivity contribution in [2.45, 2.75) is 19.8 Å². The molecule has 14 heavy (non-hydrogen) atoms. The summed E-state index contributed by atoms with van der Waals surface area (Å²) >= 11 is 0. The zero-order valence-corrected chi connectivity index (χ0v) is 7.93. The Hall–Kier alpha value is -1.43. The van der Waals surface area contributed by atoms with Gasteiger partial charge in [-0.1, -0.05) is 19.8 Å². The van der Waals surface area contributed by atoms with Crippen LogP contribution in [-0.4, -0.2) is 0 Å². The van der Waals surface area contributed by atoms with E-state index in [4.69, 9.17) is 5.26 Å². The van der Waals surface area contributed by atoms with E-state index in [0.717, 1.165) is 24.1 Å². The molecule has 0 aromatic heterocycles. The third kappa shape index (κ3) is 3.99. The SMILES string of the molecule is CC1CC1.N#Cc1cc(F)cc(F)c1. The number of nitrogens with zero attached hydrogens (tertiary/aromatic N) is 1. The van der Waals surface area contributed by atoms with Crippen LogP contribution in [-0.2, 0) is 0 Å². The van der Waals surface area contributed by atoms with E-state index in [2.05, 4.69) is 6.92 Å². The average molecular weight is 195 g/mol. The van der Waals surface area contributed by atoms with Crippen LogP contribution in [0.3, 0.4) is 0 Å². The molecular formula is C11H11F2N. The Morgan fingerprint density at radius 3 is 1.93 bits per heavy atom. The first-order valence-electron chi connectivity index (χ1n) is 4.48. The number of hydrogen-bond donors (Lipinski definition) is 0. The molecule has 0 aliphatic heterocycles. The standard InChI is InChI=1S/C7H3F2N.C4H8/c8-6-1-5(4-10)2-7(9)3-6;1-4-2-3-4/h1-3H;4H,2-3H2,1H3. The Morgan fingerprint density at radius 1 is 1.21 bits per heavy atom. The number of rotatable bonds is 0. The molecule has 1 nitrogen and oxygen atoms in total. The van der Waals surface area contributed by atoms with Crippen LogP contribution in [0.2, 0.25) is 0 Å². The molecule has 0 heterocycles. The second-order valence-electron chi connectivity index (χ2n) is 3.45. The van der Waals surface area contributed by atoms with E-state index in [1.54, 1.807) is 6.07 Å². The average Bonchev–Trinajstić information content (AvgIpc) is 2.87. The molecule has 1 aliphatic carbocycles. The van der Waals surface area contributed by atoms with Gasteiger partial charge in [0.1, 0.15) is 11.6 Å². The van der Waals surface area contributed by atoms with Crippen molar-refractivity contribution in [2.24, 2.45) is 5.92 Å². The molecule has 1 fully saturated rings. The molecule has 1 aromatic rings. The Balaban J connectivity index is 0.000000203. The van der Waals surface area contributed by atoms with Gasteiger partial charge in [-0.2, -0.15) is 5.26 Å². The summed E-state index contributed by atoms with van der Waals surface area (Å²) in [4.78, 5) is 0. The molecule has 0 radical (unpaired) electrons. The van der Waals surface area contributed by atoms with Crippen LogP contribution in [0.25, 0.3) is 0 Å². The highest BCUT2D eigenvalue weighted by Gasteiger charge is 2.12. The lowest BCUT2D eigenvalue weighted by molar-refractivity contribution is 0.582. The Morgan fingerprint density at radius 2 is 1.64 bits per heavy atom. The van der Waals surface area contributed by atoms with Crippen LogP contribution in [0.1, 0.15) is 25.3 Å². The fourth-order valence-electron chi connectivity index (χ4n) is 0.785. The van der Waals surface area contributed by atoms with E-state index >= 15 is 0 Å². The van der Waals surface area contributed by atoms with Crippen LogP contribution in [0.4, 0.5) is 8.78 Å². The molecule has 0 bridgehead atoms.